The molecule has 34 heavy (non-hydrogen) atoms. The Kier molecular flexibility index (Phi) is 7.57. The van der Waals surface area contributed by atoms with Crippen LogP contribution in [0.4, 0.5) is 9.18 Å². The highest BCUT2D eigenvalue weighted by Crippen LogP contribution is 2.36. The van der Waals surface area contributed by atoms with Crippen LogP contribution in [0.25, 0.3) is 0 Å². The molecule has 0 radical (unpaired) electrons. The van der Waals surface area contributed by atoms with Crippen LogP contribution in [0, 0.1) is 5.82 Å². The van der Waals surface area contributed by atoms with E-state index in [2.05, 4.69) is 10.6 Å². The van der Waals surface area contributed by atoms with Crippen molar-refractivity contribution in [3.05, 3.63) is 53.8 Å². The molecule has 2 atom stereocenters. The molecule has 10 nitrogen and oxygen atoms in total. The van der Waals surface area contributed by atoms with Crippen molar-refractivity contribution in [1.82, 2.24) is 15.5 Å². The van der Waals surface area contributed by atoms with E-state index >= 15 is 0 Å². The first-order chi connectivity index (χ1) is 16.2. The number of nitrogens with zero attached hydrogens (tertiary/aromatic N) is 1. The molecule has 2 aromatic rings. The average Bonchev–Trinajstić information content (AvgIpc) is 3.05. The fourth-order valence-corrected chi connectivity index (χ4v) is 3.45. The summed E-state index contributed by atoms with van der Waals surface area (Å²) in [6, 6.07) is 9.46. The van der Waals surface area contributed by atoms with E-state index in [1.165, 1.54) is 45.4 Å². The minimum Gasteiger partial charge on any atom is -0.493 e. The van der Waals surface area contributed by atoms with E-state index in [-0.39, 0.29) is 13.2 Å². The van der Waals surface area contributed by atoms with Gasteiger partial charge in [-0.15, -0.1) is 0 Å². The fraction of sp³-hybridized carbons (Fsp3) is 0.348. The zero-order valence-electron chi connectivity index (χ0n) is 19.0. The summed E-state index contributed by atoms with van der Waals surface area (Å²) < 4.78 is 29.2. The predicted octanol–water partition coefficient (Wildman–Crippen LogP) is 1.17. The van der Waals surface area contributed by atoms with Gasteiger partial charge in [-0.1, -0.05) is 18.2 Å². The lowest BCUT2D eigenvalue weighted by atomic mass is 9.92. The quantitative estimate of drug-likeness (QED) is 0.440. The van der Waals surface area contributed by atoms with Gasteiger partial charge in [0, 0.05) is 6.54 Å². The highest BCUT2D eigenvalue weighted by Gasteiger charge is 2.49. The summed E-state index contributed by atoms with van der Waals surface area (Å²) in [5, 5.41) is 15.2. The Morgan fingerprint density at radius 3 is 2.35 bits per heavy atom. The number of aliphatic hydroxyl groups is 1. The number of hydrogen-bond acceptors (Lipinski definition) is 7. The molecule has 11 heteroatoms. The molecule has 0 bridgehead atoms. The average molecular weight is 475 g/mol. The number of imide groups is 1. The van der Waals surface area contributed by atoms with Gasteiger partial charge in [0.15, 0.2) is 11.5 Å². The Hall–Kier alpha value is -3.86. The van der Waals surface area contributed by atoms with Gasteiger partial charge in [-0.25, -0.2) is 9.18 Å². The number of carbonyl (C=O) groups is 3. The van der Waals surface area contributed by atoms with Crippen molar-refractivity contribution in [2.75, 3.05) is 33.9 Å². The zero-order valence-corrected chi connectivity index (χ0v) is 19.0. The van der Waals surface area contributed by atoms with Crippen LogP contribution in [0.3, 0.4) is 0 Å². The molecule has 4 amide bonds. The van der Waals surface area contributed by atoms with Gasteiger partial charge >= 0.3 is 6.03 Å². The third-order valence-corrected chi connectivity index (χ3v) is 5.34. The van der Waals surface area contributed by atoms with E-state index in [1.807, 2.05) is 0 Å². The largest absolute Gasteiger partial charge is 0.493 e. The molecular weight excluding hydrogens is 449 g/mol. The first-order valence-corrected chi connectivity index (χ1v) is 10.4. The second kappa shape index (κ2) is 10.4. The maximum absolute atomic E-state index is 13.2. The smallest absolute Gasteiger partial charge is 0.325 e. The van der Waals surface area contributed by atoms with Crippen LogP contribution in [0.15, 0.2) is 42.5 Å². The Balaban J connectivity index is 1.53. The van der Waals surface area contributed by atoms with Gasteiger partial charge in [0.2, 0.25) is 11.7 Å². The van der Waals surface area contributed by atoms with Crippen LogP contribution in [0.1, 0.15) is 12.5 Å². The topological polar surface area (TPSA) is 126 Å². The minimum absolute atomic E-state index is 0.178. The van der Waals surface area contributed by atoms with Crippen LogP contribution < -0.4 is 24.8 Å². The Bertz CT molecular complexity index is 1040. The second-order valence-corrected chi connectivity index (χ2v) is 7.71. The molecule has 1 aliphatic rings. The highest BCUT2D eigenvalue weighted by atomic mass is 19.1. The van der Waals surface area contributed by atoms with E-state index in [0.717, 1.165) is 4.90 Å². The SMILES string of the molecule is COc1cccc(OC)c1OCC(O)CNC(=O)CN1C(=O)NC(C)(c2ccc(F)cc2)C1=O. The summed E-state index contributed by atoms with van der Waals surface area (Å²) in [6.07, 6.45) is -1.09. The third-order valence-electron chi connectivity index (χ3n) is 5.34. The fourth-order valence-electron chi connectivity index (χ4n) is 3.45. The Labute approximate surface area is 195 Å². The van der Waals surface area contributed by atoms with E-state index in [4.69, 9.17) is 14.2 Å². The summed E-state index contributed by atoms with van der Waals surface area (Å²) in [4.78, 5) is 38.3. The van der Waals surface area contributed by atoms with Crippen molar-refractivity contribution in [1.29, 1.82) is 0 Å². The van der Waals surface area contributed by atoms with Crippen LogP contribution in [0.5, 0.6) is 17.2 Å². The number of halogens is 1. The lowest BCUT2D eigenvalue weighted by molar-refractivity contribution is -0.134. The molecule has 1 fully saturated rings. The summed E-state index contributed by atoms with van der Waals surface area (Å²) in [6.45, 7) is 0.568. The number of ether oxygens (including phenoxy) is 3. The molecule has 0 saturated carbocycles. The molecule has 0 spiro atoms. The number of methoxy groups -OCH3 is 2. The minimum atomic E-state index is -1.42. The van der Waals surface area contributed by atoms with Crippen LogP contribution >= 0.6 is 0 Å². The molecule has 1 heterocycles. The van der Waals surface area contributed by atoms with Gasteiger partial charge in [0.1, 0.15) is 30.6 Å². The van der Waals surface area contributed by atoms with E-state index in [0.29, 0.717) is 22.8 Å². The number of urea groups is 1. The molecule has 3 N–H and O–H groups in total. The zero-order chi connectivity index (χ0) is 24.9. The summed E-state index contributed by atoms with van der Waals surface area (Å²) in [5.74, 6) is -0.645. The van der Waals surface area contributed by atoms with Crippen molar-refractivity contribution in [3.8, 4) is 17.2 Å². The summed E-state index contributed by atoms with van der Waals surface area (Å²) >= 11 is 0. The molecule has 1 saturated heterocycles. The Morgan fingerprint density at radius 1 is 1.15 bits per heavy atom. The van der Waals surface area contributed by atoms with Crippen molar-refractivity contribution >= 4 is 17.8 Å². The summed E-state index contributed by atoms with van der Waals surface area (Å²) in [7, 11) is 2.93. The normalized spacial score (nSPS) is 18.3. The van der Waals surface area contributed by atoms with Gasteiger partial charge in [0.25, 0.3) is 5.91 Å². The van der Waals surface area contributed by atoms with Gasteiger partial charge in [-0.05, 0) is 36.8 Å². The van der Waals surface area contributed by atoms with Crippen molar-refractivity contribution in [2.24, 2.45) is 0 Å². The number of amides is 4. The van der Waals surface area contributed by atoms with Crippen LogP contribution in [-0.4, -0.2) is 67.9 Å². The number of aliphatic hydroxyl groups excluding tert-OH is 1. The monoisotopic (exact) mass is 475 g/mol. The second-order valence-electron chi connectivity index (χ2n) is 7.71. The molecule has 1 aliphatic heterocycles. The van der Waals surface area contributed by atoms with Crippen LogP contribution in [-0.2, 0) is 15.1 Å². The molecule has 0 aromatic heterocycles. The maximum Gasteiger partial charge on any atom is 0.325 e. The standard InChI is InChI=1S/C23H26FN3O7/c1-23(14-7-9-15(24)10-8-14)21(30)27(22(31)26-23)12-19(29)25-11-16(28)13-34-20-17(32-2)5-4-6-18(20)33-3/h4-10,16,28H,11-13H2,1-3H3,(H,25,29)(H,26,31). The van der Waals surface area contributed by atoms with Gasteiger partial charge < -0.3 is 30.0 Å². The van der Waals surface area contributed by atoms with Gasteiger partial charge in [0.05, 0.1) is 14.2 Å². The molecule has 182 valence electrons. The first kappa shape index (κ1) is 24.8. The predicted molar refractivity (Wildman–Crippen MR) is 118 cm³/mol. The molecule has 3 rings (SSSR count). The highest BCUT2D eigenvalue weighted by molar-refractivity contribution is 6.09. The number of nitrogens with one attached hydrogen (secondary N) is 2. The van der Waals surface area contributed by atoms with Crippen LogP contribution in [0.2, 0.25) is 0 Å². The number of carbonyl (C=O) groups excluding carboxylic acids is 3. The van der Waals surface area contributed by atoms with E-state index in [1.54, 1.807) is 18.2 Å². The molecular formula is C23H26FN3O7. The molecule has 2 unspecified atom stereocenters. The number of rotatable bonds is 10. The number of hydrogen-bond donors (Lipinski definition) is 3. The Morgan fingerprint density at radius 2 is 1.76 bits per heavy atom. The first-order valence-electron chi connectivity index (χ1n) is 10.4. The van der Waals surface area contributed by atoms with Crippen molar-refractivity contribution in [2.45, 2.75) is 18.6 Å². The summed E-state index contributed by atoms with van der Waals surface area (Å²) in [5.41, 5.74) is -1.04. The van der Waals surface area contributed by atoms with Gasteiger partial charge in [-0.2, -0.15) is 0 Å². The maximum atomic E-state index is 13.2. The van der Waals surface area contributed by atoms with Crippen molar-refractivity contribution in [3.63, 3.8) is 0 Å². The third kappa shape index (κ3) is 5.20. The number of para-hydroxylation sites is 1. The molecule has 2 aromatic carbocycles. The van der Waals surface area contributed by atoms with E-state index < -0.39 is 41.9 Å². The van der Waals surface area contributed by atoms with Gasteiger partial charge in [-0.3, -0.25) is 14.5 Å². The lowest BCUT2D eigenvalue weighted by Crippen LogP contribution is -2.45. The van der Waals surface area contributed by atoms with Crippen molar-refractivity contribution < 1.29 is 38.1 Å². The lowest BCUT2D eigenvalue weighted by Gasteiger charge is -2.22. The van der Waals surface area contributed by atoms with E-state index in [9.17, 15) is 23.9 Å². The number of benzene rings is 2. The molecule has 0 aliphatic carbocycles.